The molecule has 5 amide bonds. The molecule has 0 unspecified atom stereocenters. The summed E-state index contributed by atoms with van der Waals surface area (Å²) in [6.45, 7) is 11.3. The first-order valence-corrected chi connectivity index (χ1v) is 23.7. The summed E-state index contributed by atoms with van der Waals surface area (Å²) in [4.78, 5) is 58.5. The van der Waals surface area contributed by atoms with Crippen LogP contribution < -0.4 is 21.3 Å². The van der Waals surface area contributed by atoms with Gasteiger partial charge in [-0.1, -0.05) is 35.9 Å². The van der Waals surface area contributed by atoms with Crippen molar-refractivity contribution in [1.29, 1.82) is 0 Å². The summed E-state index contributed by atoms with van der Waals surface area (Å²) in [5, 5.41) is 21.5. The number of piperazine rings is 1. The van der Waals surface area contributed by atoms with Crippen LogP contribution in [0.1, 0.15) is 59.4 Å². The predicted octanol–water partition coefficient (Wildman–Crippen LogP) is 3.63. The second-order valence-corrected chi connectivity index (χ2v) is 17.7. The Hall–Kier alpha value is -5.18. The summed E-state index contributed by atoms with van der Waals surface area (Å²) in [5.74, 6) is 1.15. The third kappa shape index (κ3) is 13.9. The number of anilines is 1. The molecule has 3 atom stereocenters. The van der Waals surface area contributed by atoms with Gasteiger partial charge >= 0.3 is 6.03 Å². The van der Waals surface area contributed by atoms with Gasteiger partial charge in [0.05, 0.1) is 88.3 Å². The number of urea groups is 1. The van der Waals surface area contributed by atoms with Crippen LogP contribution in [0, 0.1) is 13.8 Å². The van der Waals surface area contributed by atoms with Gasteiger partial charge in [0.15, 0.2) is 5.69 Å². The Kier molecular flexibility index (Phi) is 17.9. The van der Waals surface area contributed by atoms with Gasteiger partial charge in [-0.15, -0.1) is 5.10 Å². The fourth-order valence-corrected chi connectivity index (χ4v) is 9.75. The lowest BCUT2D eigenvalue weighted by Crippen LogP contribution is -2.48. The minimum Gasteiger partial charge on any atom is -0.379 e. The number of thioether (sulfide) groups is 1. The lowest BCUT2D eigenvalue weighted by molar-refractivity contribution is -0.134. The van der Waals surface area contributed by atoms with E-state index in [0.29, 0.717) is 102 Å². The minimum absolute atomic E-state index is 0.0323. The molecule has 0 aliphatic carbocycles. The number of unbranched alkanes of at least 4 members (excludes halogenated alkanes) is 1. The molecule has 3 saturated heterocycles. The van der Waals surface area contributed by atoms with E-state index >= 15 is 0 Å². The Morgan fingerprint density at radius 3 is 2.34 bits per heavy atom. The molecule has 19 heteroatoms. The van der Waals surface area contributed by atoms with E-state index in [-0.39, 0.29) is 41.5 Å². The maximum absolute atomic E-state index is 13.1. The topological polar surface area (TPSA) is 203 Å². The van der Waals surface area contributed by atoms with Gasteiger partial charge in [-0.05, 0) is 68.1 Å². The van der Waals surface area contributed by atoms with E-state index in [9.17, 15) is 19.2 Å². The second-order valence-electron chi connectivity index (χ2n) is 16.5. The molecule has 7 rings (SSSR count). The molecule has 3 aliphatic heterocycles. The average molecular weight is 915 g/mol. The van der Waals surface area contributed by atoms with E-state index < -0.39 is 0 Å². The molecule has 3 fully saturated rings. The SMILES string of the molecule is Cc1ccccc1-n1nnc(C(=O)Nc2ccc3cc(CN4CCN(C(=O)CCOCCOCCOCCOCCNC(=O)CCCC[C@@H]5SC[C@@H]6NC(=O)N[C@@H]65)CC4)ccc3n2)c1C. The molecule has 0 spiro atoms. The molecule has 2 aromatic heterocycles. The number of aromatic nitrogens is 4. The van der Waals surface area contributed by atoms with Gasteiger partial charge in [0.25, 0.3) is 5.91 Å². The summed E-state index contributed by atoms with van der Waals surface area (Å²) in [5.41, 5.74) is 4.72. The highest BCUT2D eigenvalue weighted by atomic mass is 32.2. The largest absolute Gasteiger partial charge is 0.379 e. The van der Waals surface area contributed by atoms with Crippen LogP contribution in [0.2, 0.25) is 0 Å². The fraction of sp³-hybridized carbons (Fsp3) is 0.543. The molecular formula is C46H62N10O8S. The van der Waals surface area contributed by atoms with Crippen molar-refractivity contribution in [3.05, 3.63) is 77.1 Å². The Morgan fingerprint density at radius 2 is 1.57 bits per heavy atom. The molecule has 4 N–H and O–H groups in total. The highest BCUT2D eigenvalue weighted by molar-refractivity contribution is 8.00. The number of rotatable bonds is 25. The summed E-state index contributed by atoms with van der Waals surface area (Å²) >= 11 is 1.90. The maximum Gasteiger partial charge on any atom is 0.315 e. The smallest absolute Gasteiger partial charge is 0.315 e. The first-order valence-electron chi connectivity index (χ1n) is 22.7. The number of fused-ring (bicyclic) bond motifs is 2. The third-order valence-corrected chi connectivity index (χ3v) is 13.3. The van der Waals surface area contributed by atoms with Crippen molar-refractivity contribution in [1.82, 2.24) is 45.7 Å². The number of benzene rings is 2. The van der Waals surface area contributed by atoms with Crippen LogP contribution in [0.25, 0.3) is 16.6 Å². The zero-order valence-corrected chi connectivity index (χ0v) is 38.2. The predicted molar refractivity (Wildman–Crippen MR) is 247 cm³/mol. The number of ether oxygens (including phenoxy) is 4. The molecule has 0 saturated carbocycles. The van der Waals surface area contributed by atoms with Crippen molar-refractivity contribution in [2.24, 2.45) is 0 Å². The van der Waals surface area contributed by atoms with E-state index in [4.69, 9.17) is 18.9 Å². The van der Waals surface area contributed by atoms with E-state index in [1.807, 2.05) is 66.9 Å². The maximum atomic E-state index is 13.1. The Balaban J connectivity index is 0.662. The summed E-state index contributed by atoms with van der Waals surface area (Å²) < 4.78 is 24.0. The van der Waals surface area contributed by atoms with Gasteiger partial charge in [-0.25, -0.2) is 14.5 Å². The van der Waals surface area contributed by atoms with Gasteiger partial charge in [0, 0.05) is 62.1 Å². The molecule has 0 radical (unpaired) electrons. The number of aryl methyl sites for hydroxylation is 1. The standard InChI is InChI=1S/C46H62N10O8S/c1-32-7-3-4-8-38(32)56-33(2)43(52-53-56)45(59)50-40-14-12-35-29-34(11-13-36(35)48-40)30-54-17-19-55(20-18-54)42(58)15-21-61-23-25-63-27-28-64-26-24-62-22-16-47-41(57)10-6-5-9-39-44-37(31-65-39)49-46(60)51-44/h3-4,7-8,11-14,29,37,39,44H,5-6,9-10,15-28,30-31H2,1-2H3,(H,47,57)(H,48,50,59)(H2,49,51,60)/t37-,39-,44-/m0/s1. The van der Waals surface area contributed by atoms with Crippen molar-refractivity contribution < 1.29 is 38.1 Å². The molecule has 350 valence electrons. The summed E-state index contributed by atoms with van der Waals surface area (Å²) in [6, 6.07) is 18.1. The van der Waals surface area contributed by atoms with Gasteiger partial charge < -0.3 is 45.1 Å². The first-order chi connectivity index (χ1) is 31.7. The number of hydrogen-bond acceptors (Lipinski definition) is 13. The molecular weight excluding hydrogens is 853 g/mol. The highest BCUT2D eigenvalue weighted by Gasteiger charge is 2.42. The number of nitrogens with one attached hydrogen (secondary N) is 4. The van der Waals surface area contributed by atoms with Gasteiger partial charge in [0.2, 0.25) is 11.8 Å². The Bertz CT molecular complexity index is 2220. The van der Waals surface area contributed by atoms with Crippen LogP contribution in [0.15, 0.2) is 54.6 Å². The van der Waals surface area contributed by atoms with Gasteiger partial charge in [-0.3, -0.25) is 19.3 Å². The molecule has 5 heterocycles. The van der Waals surface area contributed by atoms with Crippen LogP contribution in [-0.4, -0.2) is 162 Å². The number of nitrogens with zero attached hydrogens (tertiary/aromatic N) is 6. The van der Waals surface area contributed by atoms with Crippen LogP contribution in [0.4, 0.5) is 10.6 Å². The monoisotopic (exact) mass is 914 g/mol. The molecule has 2 aromatic carbocycles. The number of pyridine rings is 1. The number of carbonyl (C=O) groups is 4. The third-order valence-electron chi connectivity index (χ3n) is 11.8. The second kappa shape index (κ2) is 24.4. The van der Waals surface area contributed by atoms with Crippen LogP contribution in [-0.2, 0) is 35.1 Å². The number of carbonyl (C=O) groups excluding carboxylic acids is 4. The number of amides is 5. The average Bonchev–Trinajstić information content (AvgIpc) is 4.00. The first kappa shape index (κ1) is 47.8. The Morgan fingerprint density at radius 1 is 0.831 bits per heavy atom. The zero-order valence-electron chi connectivity index (χ0n) is 37.4. The van der Waals surface area contributed by atoms with Crippen molar-refractivity contribution in [2.45, 2.75) is 69.8 Å². The molecule has 3 aliphatic rings. The van der Waals surface area contributed by atoms with Gasteiger partial charge in [0.1, 0.15) is 5.82 Å². The molecule has 65 heavy (non-hydrogen) atoms. The molecule has 18 nitrogen and oxygen atoms in total. The lowest BCUT2D eigenvalue weighted by atomic mass is 10.0. The zero-order chi connectivity index (χ0) is 45.4. The van der Waals surface area contributed by atoms with Crippen molar-refractivity contribution in [3.8, 4) is 5.69 Å². The van der Waals surface area contributed by atoms with Crippen LogP contribution in [0.5, 0.6) is 0 Å². The van der Waals surface area contributed by atoms with E-state index in [1.165, 1.54) is 0 Å². The summed E-state index contributed by atoms with van der Waals surface area (Å²) in [6.07, 6.45) is 3.63. The highest BCUT2D eigenvalue weighted by Crippen LogP contribution is 2.33. The Labute approximate surface area is 384 Å². The summed E-state index contributed by atoms with van der Waals surface area (Å²) in [7, 11) is 0. The van der Waals surface area contributed by atoms with E-state index in [0.717, 1.165) is 72.4 Å². The molecule has 0 bridgehead atoms. The van der Waals surface area contributed by atoms with Crippen molar-refractivity contribution in [3.63, 3.8) is 0 Å². The normalized spacial score (nSPS) is 18.4. The fourth-order valence-electron chi connectivity index (χ4n) is 8.21. The number of para-hydroxylation sites is 1. The van der Waals surface area contributed by atoms with Gasteiger partial charge in [-0.2, -0.15) is 11.8 Å². The van der Waals surface area contributed by atoms with E-state index in [1.54, 1.807) is 10.7 Å². The lowest BCUT2D eigenvalue weighted by Gasteiger charge is -2.34. The van der Waals surface area contributed by atoms with Crippen LogP contribution in [0.3, 0.4) is 0 Å². The quantitative estimate of drug-likeness (QED) is 0.0555. The van der Waals surface area contributed by atoms with Crippen molar-refractivity contribution in [2.75, 3.05) is 96.6 Å². The van der Waals surface area contributed by atoms with Crippen LogP contribution >= 0.6 is 11.8 Å². The molecule has 4 aromatic rings. The van der Waals surface area contributed by atoms with E-state index in [2.05, 4.69) is 53.6 Å². The van der Waals surface area contributed by atoms with Crippen molar-refractivity contribution >= 4 is 52.2 Å². The minimum atomic E-state index is -0.368. The number of hydrogen-bond donors (Lipinski definition) is 4.